The number of rotatable bonds is 7. The van der Waals surface area contributed by atoms with Crippen molar-refractivity contribution in [2.24, 2.45) is 0 Å². The fourth-order valence-corrected chi connectivity index (χ4v) is 4.79. The number of carbonyl (C=O) groups is 2. The quantitative estimate of drug-likeness (QED) is 0.316. The molecule has 4 rings (SSSR count). The van der Waals surface area contributed by atoms with Gasteiger partial charge in [-0.05, 0) is 29.6 Å². The lowest BCUT2D eigenvalue weighted by Crippen LogP contribution is -2.29. The van der Waals surface area contributed by atoms with Crippen LogP contribution in [0, 0.1) is 0 Å². The average Bonchev–Trinajstić information content (AvgIpc) is 3.46. The van der Waals surface area contributed by atoms with E-state index in [1.165, 1.54) is 30.5 Å². The first kappa shape index (κ1) is 22.4. The van der Waals surface area contributed by atoms with E-state index >= 15 is 0 Å². The molecule has 0 radical (unpaired) electrons. The van der Waals surface area contributed by atoms with Crippen molar-refractivity contribution in [3.63, 3.8) is 0 Å². The summed E-state index contributed by atoms with van der Waals surface area (Å²) in [4.78, 5) is 28.6. The summed E-state index contributed by atoms with van der Waals surface area (Å²) in [6.45, 7) is 0.147. The molecule has 0 bridgehead atoms. The van der Waals surface area contributed by atoms with Crippen LogP contribution in [0.5, 0.6) is 17.2 Å². The van der Waals surface area contributed by atoms with E-state index in [2.05, 4.69) is 0 Å². The summed E-state index contributed by atoms with van der Waals surface area (Å²) < 4.78 is 16.1. The number of ether oxygens (including phenoxy) is 3. The molecule has 1 aromatic heterocycles. The molecule has 0 aliphatic carbocycles. The number of benzene rings is 2. The molecule has 8 heteroatoms. The predicted molar refractivity (Wildman–Crippen MR) is 125 cm³/mol. The Morgan fingerprint density at radius 1 is 0.970 bits per heavy atom. The molecule has 3 aromatic rings. The maximum absolute atomic E-state index is 13.2. The highest BCUT2D eigenvalue weighted by Gasteiger charge is 2.47. The monoisotopic (exact) mass is 465 g/mol. The van der Waals surface area contributed by atoms with Crippen LogP contribution in [0.4, 0.5) is 0 Å². The van der Waals surface area contributed by atoms with Gasteiger partial charge in [0.05, 0.1) is 45.1 Å². The SMILES string of the molecule is COc1ccc(/C(O)=C2/C(=O)C(=O)N(Cc3ccccc3OC)C2c2cccs2)c(OC)c1. The minimum atomic E-state index is -0.751. The molecule has 0 saturated carbocycles. The van der Waals surface area contributed by atoms with Gasteiger partial charge >= 0.3 is 0 Å². The zero-order chi connectivity index (χ0) is 23.5. The molecule has 1 fully saturated rings. The van der Waals surface area contributed by atoms with Crippen LogP contribution < -0.4 is 14.2 Å². The summed E-state index contributed by atoms with van der Waals surface area (Å²) in [7, 11) is 4.54. The maximum atomic E-state index is 13.2. The minimum Gasteiger partial charge on any atom is -0.507 e. The molecule has 1 unspecified atom stereocenters. The third-order valence-corrected chi connectivity index (χ3v) is 6.47. The summed E-state index contributed by atoms with van der Waals surface area (Å²) in [6.07, 6.45) is 0. The third-order valence-electron chi connectivity index (χ3n) is 5.55. The molecule has 0 spiro atoms. The van der Waals surface area contributed by atoms with Crippen LogP contribution >= 0.6 is 11.3 Å². The Morgan fingerprint density at radius 2 is 1.73 bits per heavy atom. The Bertz CT molecular complexity index is 1220. The summed E-state index contributed by atoms with van der Waals surface area (Å²) in [5, 5.41) is 13.1. The number of ketones is 1. The highest BCUT2D eigenvalue weighted by atomic mass is 32.1. The standard InChI is InChI=1S/C25H23NO6S/c1-30-16-10-11-17(19(13-16)32-3)23(27)21-22(20-9-6-12-33-20)26(25(29)24(21)28)14-15-7-4-5-8-18(15)31-2/h4-13,22,27H,14H2,1-3H3/b23-21-. The van der Waals surface area contributed by atoms with E-state index in [-0.39, 0.29) is 17.9 Å². The van der Waals surface area contributed by atoms with Gasteiger partial charge in [0.1, 0.15) is 23.0 Å². The van der Waals surface area contributed by atoms with E-state index in [4.69, 9.17) is 14.2 Å². The second kappa shape index (κ2) is 9.38. The summed E-state index contributed by atoms with van der Waals surface area (Å²) in [5.41, 5.74) is 1.07. The van der Waals surface area contributed by atoms with Gasteiger partial charge in [-0.1, -0.05) is 24.3 Å². The molecule has 2 aromatic carbocycles. The Balaban J connectivity index is 1.86. The average molecular weight is 466 g/mol. The topological polar surface area (TPSA) is 85.3 Å². The second-order valence-electron chi connectivity index (χ2n) is 7.32. The Kier molecular flexibility index (Phi) is 6.37. The van der Waals surface area contributed by atoms with E-state index < -0.39 is 17.7 Å². The van der Waals surface area contributed by atoms with Crippen molar-refractivity contribution in [3.8, 4) is 17.2 Å². The van der Waals surface area contributed by atoms with Crippen molar-refractivity contribution in [2.45, 2.75) is 12.6 Å². The minimum absolute atomic E-state index is 0.0146. The molecule has 2 heterocycles. The Labute approximate surface area is 195 Å². The first-order valence-electron chi connectivity index (χ1n) is 10.2. The fraction of sp³-hybridized carbons (Fsp3) is 0.200. The summed E-state index contributed by atoms with van der Waals surface area (Å²) in [5.74, 6) is -0.260. The smallest absolute Gasteiger partial charge is 0.295 e. The van der Waals surface area contributed by atoms with E-state index in [9.17, 15) is 14.7 Å². The Morgan fingerprint density at radius 3 is 2.39 bits per heavy atom. The van der Waals surface area contributed by atoms with Gasteiger partial charge in [0, 0.05) is 16.5 Å². The normalized spacial score (nSPS) is 17.3. The van der Waals surface area contributed by atoms with Gasteiger partial charge in [0.2, 0.25) is 0 Å². The number of amides is 1. The number of aliphatic hydroxyl groups excluding tert-OH is 1. The Hall–Kier alpha value is -3.78. The highest BCUT2D eigenvalue weighted by molar-refractivity contribution is 7.10. The van der Waals surface area contributed by atoms with E-state index in [1.807, 2.05) is 35.7 Å². The molecule has 1 saturated heterocycles. The van der Waals surface area contributed by atoms with Crippen molar-refractivity contribution in [3.05, 3.63) is 81.6 Å². The number of likely N-dealkylation sites (tertiary alicyclic amines) is 1. The van der Waals surface area contributed by atoms with Crippen molar-refractivity contribution >= 4 is 28.8 Å². The van der Waals surface area contributed by atoms with Gasteiger partial charge < -0.3 is 24.2 Å². The number of Topliss-reactive ketones (excluding diaryl/α,β-unsaturated/α-hetero) is 1. The van der Waals surface area contributed by atoms with Crippen molar-refractivity contribution in [1.29, 1.82) is 0 Å². The van der Waals surface area contributed by atoms with Crippen LogP contribution in [0.25, 0.3) is 5.76 Å². The van der Waals surface area contributed by atoms with Crippen LogP contribution in [0.1, 0.15) is 22.0 Å². The fourth-order valence-electron chi connectivity index (χ4n) is 3.94. The molecule has 170 valence electrons. The molecular formula is C25H23NO6S. The van der Waals surface area contributed by atoms with Crippen LogP contribution in [0.3, 0.4) is 0 Å². The molecular weight excluding hydrogens is 442 g/mol. The zero-order valence-corrected chi connectivity index (χ0v) is 19.2. The zero-order valence-electron chi connectivity index (χ0n) is 18.4. The number of nitrogens with zero attached hydrogens (tertiary/aromatic N) is 1. The van der Waals surface area contributed by atoms with Gasteiger partial charge in [-0.15, -0.1) is 11.3 Å². The lowest BCUT2D eigenvalue weighted by Gasteiger charge is -2.25. The van der Waals surface area contributed by atoms with Crippen LogP contribution in [0.2, 0.25) is 0 Å². The summed E-state index contributed by atoms with van der Waals surface area (Å²) >= 11 is 1.41. The lowest BCUT2D eigenvalue weighted by atomic mass is 9.99. The number of hydrogen-bond acceptors (Lipinski definition) is 7. The lowest BCUT2D eigenvalue weighted by molar-refractivity contribution is -0.140. The third kappa shape index (κ3) is 4.05. The van der Waals surface area contributed by atoms with Gasteiger partial charge in [-0.3, -0.25) is 9.59 Å². The van der Waals surface area contributed by atoms with Crippen LogP contribution in [-0.4, -0.2) is 43.0 Å². The number of hydrogen-bond donors (Lipinski definition) is 1. The van der Waals surface area contributed by atoms with Crippen LogP contribution in [0.15, 0.2) is 65.6 Å². The van der Waals surface area contributed by atoms with Gasteiger partial charge in [0.25, 0.3) is 11.7 Å². The molecule has 1 aliphatic rings. The van der Waals surface area contributed by atoms with E-state index in [0.29, 0.717) is 22.8 Å². The molecule has 1 aliphatic heterocycles. The molecule has 7 nitrogen and oxygen atoms in total. The summed E-state index contributed by atoms with van der Waals surface area (Å²) in [6, 6.07) is 15.1. The molecule has 33 heavy (non-hydrogen) atoms. The number of thiophene rings is 1. The van der Waals surface area contributed by atoms with E-state index in [0.717, 1.165) is 10.4 Å². The van der Waals surface area contributed by atoms with Crippen LogP contribution in [-0.2, 0) is 16.1 Å². The largest absolute Gasteiger partial charge is 0.507 e. The number of aliphatic hydroxyl groups is 1. The van der Waals surface area contributed by atoms with Gasteiger partial charge in [-0.25, -0.2) is 0 Å². The van der Waals surface area contributed by atoms with Crippen molar-refractivity contribution in [2.75, 3.05) is 21.3 Å². The number of methoxy groups -OCH3 is 3. The molecule has 1 N–H and O–H groups in total. The predicted octanol–water partition coefficient (Wildman–Crippen LogP) is 4.40. The molecule has 1 amide bonds. The molecule has 1 atom stereocenters. The van der Waals surface area contributed by atoms with E-state index in [1.54, 1.807) is 31.4 Å². The first-order valence-corrected chi connectivity index (χ1v) is 11.0. The highest BCUT2D eigenvalue weighted by Crippen LogP contribution is 2.43. The van der Waals surface area contributed by atoms with Gasteiger partial charge in [0.15, 0.2) is 0 Å². The van der Waals surface area contributed by atoms with Crippen molar-refractivity contribution in [1.82, 2.24) is 4.90 Å². The van der Waals surface area contributed by atoms with Crippen molar-refractivity contribution < 1.29 is 28.9 Å². The number of carbonyl (C=O) groups excluding carboxylic acids is 2. The first-order chi connectivity index (χ1) is 16.0. The number of para-hydroxylation sites is 1. The second-order valence-corrected chi connectivity index (χ2v) is 8.30. The maximum Gasteiger partial charge on any atom is 0.295 e. The van der Waals surface area contributed by atoms with Gasteiger partial charge in [-0.2, -0.15) is 0 Å².